The van der Waals surface area contributed by atoms with Crippen molar-refractivity contribution in [3.63, 3.8) is 0 Å². The van der Waals surface area contributed by atoms with Crippen LogP contribution in [0, 0.1) is 5.92 Å². The largest absolute Gasteiger partial charge is 0.481 e. The number of carboxylic acid groups (broad SMARTS) is 1. The Bertz CT molecular complexity index is 216. The maximum atomic E-state index is 11.5. The minimum atomic E-state index is -0.863. The highest BCUT2D eigenvalue weighted by Crippen LogP contribution is 2.06. The molecule has 0 aliphatic carbocycles. The lowest BCUT2D eigenvalue weighted by atomic mass is 10.0. The third-order valence-electron chi connectivity index (χ3n) is 2.46. The van der Waals surface area contributed by atoms with Gasteiger partial charge in [0, 0.05) is 12.0 Å². The highest BCUT2D eigenvalue weighted by atomic mass is 16.4. The van der Waals surface area contributed by atoms with Gasteiger partial charge in [0.25, 0.3) is 0 Å². The van der Waals surface area contributed by atoms with E-state index in [0.29, 0.717) is 6.42 Å². The van der Waals surface area contributed by atoms with Gasteiger partial charge in [-0.1, -0.05) is 27.2 Å². The molecule has 0 unspecified atom stereocenters. The molecule has 0 aromatic carbocycles. The molecule has 2 N–H and O–H groups in total. The number of rotatable bonds is 7. The summed E-state index contributed by atoms with van der Waals surface area (Å²) in [4.78, 5) is 22.1. The van der Waals surface area contributed by atoms with Gasteiger partial charge in [-0.05, 0) is 12.8 Å². The predicted octanol–water partition coefficient (Wildman–Crippen LogP) is 1.79. The second-order valence-electron chi connectivity index (χ2n) is 3.90. The molecule has 0 saturated heterocycles. The number of hydrogen-bond acceptors (Lipinski definition) is 2. The zero-order valence-electron chi connectivity index (χ0n) is 9.75. The topological polar surface area (TPSA) is 66.4 Å². The average Bonchev–Trinajstić information content (AvgIpc) is 2.15. The van der Waals surface area contributed by atoms with Gasteiger partial charge >= 0.3 is 5.97 Å². The highest BCUT2D eigenvalue weighted by molar-refractivity contribution is 5.79. The minimum absolute atomic E-state index is 0.00993. The molecule has 0 aromatic heterocycles. The number of carbonyl (C=O) groups is 2. The molecule has 1 amide bonds. The van der Waals surface area contributed by atoms with Crippen LogP contribution in [0.3, 0.4) is 0 Å². The molecule has 0 radical (unpaired) electrons. The van der Waals surface area contributed by atoms with Crippen molar-refractivity contribution in [1.29, 1.82) is 0 Å². The fraction of sp³-hybridized carbons (Fsp3) is 0.818. The van der Waals surface area contributed by atoms with Gasteiger partial charge in [0.15, 0.2) is 0 Å². The molecule has 4 nitrogen and oxygen atoms in total. The molecular formula is C11H21NO3. The molecule has 0 aromatic rings. The molecule has 2 atom stereocenters. The van der Waals surface area contributed by atoms with Gasteiger partial charge in [-0.15, -0.1) is 0 Å². The summed E-state index contributed by atoms with van der Waals surface area (Å²) in [6.45, 7) is 5.76. The van der Waals surface area contributed by atoms with E-state index in [4.69, 9.17) is 5.11 Å². The van der Waals surface area contributed by atoms with Crippen molar-refractivity contribution in [2.24, 2.45) is 5.92 Å². The van der Waals surface area contributed by atoms with E-state index in [1.807, 2.05) is 20.8 Å². The van der Waals surface area contributed by atoms with Crippen LogP contribution in [0.1, 0.15) is 46.5 Å². The van der Waals surface area contributed by atoms with Crippen LogP contribution in [0.4, 0.5) is 0 Å². The van der Waals surface area contributed by atoms with Gasteiger partial charge < -0.3 is 10.4 Å². The molecule has 0 aliphatic rings. The third-order valence-corrected chi connectivity index (χ3v) is 2.46. The molecule has 0 spiro atoms. The van der Waals surface area contributed by atoms with E-state index < -0.39 is 5.97 Å². The Morgan fingerprint density at radius 3 is 2.33 bits per heavy atom. The quantitative estimate of drug-likeness (QED) is 0.680. The van der Waals surface area contributed by atoms with Gasteiger partial charge in [0.05, 0.1) is 6.42 Å². The van der Waals surface area contributed by atoms with Crippen molar-refractivity contribution in [3.8, 4) is 0 Å². The van der Waals surface area contributed by atoms with Crippen LogP contribution in [0.2, 0.25) is 0 Å². The fourth-order valence-electron chi connectivity index (χ4n) is 1.31. The van der Waals surface area contributed by atoms with Crippen LogP contribution in [0.25, 0.3) is 0 Å². The fourth-order valence-corrected chi connectivity index (χ4v) is 1.31. The van der Waals surface area contributed by atoms with E-state index in [1.165, 1.54) is 0 Å². The summed E-state index contributed by atoms with van der Waals surface area (Å²) in [6, 6.07) is -0.228. The number of hydrogen-bond donors (Lipinski definition) is 2. The SMILES string of the molecule is CCC[C@H](CC(=O)O)NC(=O)[C@H](C)CC. The second kappa shape index (κ2) is 7.26. The molecule has 88 valence electrons. The lowest BCUT2D eigenvalue weighted by Gasteiger charge is -2.18. The van der Waals surface area contributed by atoms with Crippen LogP contribution in [0.5, 0.6) is 0 Å². The molecule has 0 aliphatic heterocycles. The number of aliphatic carboxylic acids is 1. The Balaban J connectivity index is 4.14. The zero-order valence-corrected chi connectivity index (χ0v) is 9.75. The summed E-state index contributed by atoms with van der Waals surface area (Å²) in [5.74, 6) is -0.951. The van der Waals surface area contributed by atoms with Crippen molar-refractivity contribution in [3.05, 3.63) is 0 Å². The van der Waals surface area contributed by atoms with Crippen LogP contribution < -0.4 is 5.32 Å². The van der Waals surface area contributed by atoms with E-state index in [9.17, 15) is 9.59 Å². The summed E-state index contributed by atoms with van der Waals surface area (Å²) in [6.07, 6.45) is 2.38. The lowest BCUT2D eigenvalue weighted by Crippen LogP contribution is -2.39. The number of nitrogens with one attached hydrogen (secondary N) is 1. The van der Waals surface area contributed by atoms with E-state index in [-0.39, 0.29) is 24.3 Å². The van der Waals surface area contributed by atoms with Crippen molar-refractivity contribution < 1.29 is 14.7 Å². The summed E-state index contributed by atoms with van der Waals surface area (Å²) in [7, 11) is 0. The van der Waals surface area contributed by atoms with E-state index >= 15 is 0 Å². The van der Waals surface area contributed by atoms with Crippen LogP contribution >= 0.6 is 0 Å². The van der Waals surface area contributed by atoms with Gasteiger partial charge in [0.1, 0.15) is 0 Å². The van der Waals surface area contributed by atoms with Crippen LogP contribution in [-0.4, -0.2) is 23.0 Å². The van der Waals surface area contributed by atoms with Gasteiger partial charge in [-0.2, -0.15) is 0 Å². The van der Waals surface area contributed by atoms with Gasteiger partial charge in [-0.25, -0.2) is 0 Å². The lowest BCUT2D eigenvalue weighted by molar-refractivity contribution is -0.137. The first-order chi connectivity index (χ1) is 7.01. The van der Waals surface area contributed by atoms with Gasteiger partial charge in [-0.3, -0.25) is 9.59 Å². The highest BCUT2D eigenvalue weighted by Gasteiger charge is 2.17. The van der Waals surface area contributed by atoms with Crippen LogP contribution in [-0.2, 0) is 9.59 Å². The summed E-state index contributed by atoms with van der Waals surface area (Å²) in [5, 5.41) is 11.4. The maximum absolute atomic E-state index is 11.5. The third kappa shape index (κ3) is 6.10. The molecule has 0 heterocycles. The van der Waals surface area contributed by atoms with Gasteiger partial charge in [0.2, 0.25) is 5.91 Å². The Hall–Kier alpha value is -1.06. The molecule has 0 fully saturated rings. The average molecular weight is 215 g/mol. The Labute approximate surface area is 91.1 Å². The second-order valence-corrected chi connectivity index (χ2v) is 3.90. The van der Waals surface area contributed by atoms with E-state index in [2.05, 4.69) is 5.32 Å². The van der Waals surface area contributed by atoms with Crippen molar-refractivity contribution in [2.45, 2.75) is 52.5 Å². The first-order valence-electron chi connectivity index (χ1n) is 5.53. The normalized spacial score (nSPS) is 14.3. The molecule has 15 heavy (non-hydrogen) atoms. The van der Waals surface area contributed by atoms with E-state index in [1.54, 1.807) is 0 Å². The van der Waals surface area contributed by atoms with E-state index in [0.717, 1.165) is 12.8 Å². The Morgan fingerprint density at radius 2 is 1.93 bits per heavy atom. The molecule has 0 bridgehead atoms. The van der Waals surface area contributed by atoms with Crippen LogP contribution in [0.15, 0.2) is 0 Å². The monoisotopic (exact) mass is 215 g/mol. The summed E-state index contributed by atoms with van der Waals surface area (Å²) < 4.78 is 0. The molecular weight excluding hydrogens is 194 g/mol. The molecule has 4 heteroatoms. The maximum Gasteiger partial charge on any atom is 0.305 e. The molecule has 0 saturated carbocycles. The Kier molecular flexibility index (Phi) is 6.75. The Morgan fingerprint density at radius 1 is 1.33 bits per heavy atom. The number of carboxylic acids is 1. The van der Waals surface area contributed by atoms with Crippen molar-refractivity contribution in [2.75, 3.05) is 0 Å². The minimum Gasteiger partial charge on any atom is -0.481 e. The standard InChI is InChI=1S/C11H21NO3/c1-4-6-9(7-10(13)14)12-11(15)8(3)5-2/h8-9H,4-7H2,1-3H3,(H,12,15)(H,13,14)/t8-,9-/m1/s1. The zero-order chi connectivity index (χ0) is 11.8. The predicted molar refractivity (Wildman–Crippen MR) is 58.5 cm³/mol. The summed E-state index contributed by atoms with van der Waals surface area (Å²) >= 11 is 0. The first kappa shape index (κ1) is 13.9. The number of carbonyl (C=O) groups excluding carboxylic acids is 1. The smallest absolute Gasteiger partial charge is 0.305 e. The van der Waals surface area contributed by atoms with Crippen molar-refractivity contribution >= 4 is 11.9 Å². The number of amides is 1. The summed E-state index contributed by atoms with van der Waals surface area (Å²) in [5.41, 5.74) is 0. The first-order valence-corrected chi connectivity index (χ1v) is 5.53. The van der Waals surface area contributed by atoms with Crippen molar-refractivity contribution in [1.82, 2.24) is 5.32 Å². The molecule has 0 rings (SSSR count).